The van der Waals surface area contributed by atoms with Crippen LogP contribution in [-0.2, 0) is 9.63 Å². The van der Waals surface area contributed by atoms with E-state index < -0.39 is 21.5 Å². The van der Waals surface area contributed by atoms with E-state index in [0.29, 0.717) is 0 Å². The highest BCUT2D eigenvalue weighted by molar-refractivity contribution is 5.90. The van der Waals surface area contributed by atoms with Crippen molar-refractivity contribution in [2.45, 2.75) is 43.7 Å². The standard InChI is InChI=1S/C15H15N3O6/c1-9-14(18(22)23)15(24-16-9)7-11(6-13(19)8-15)10-2-4-12(5-3-10)17(20)21/h2-5,11,14H,6-8H2,1H3/t11-,14-,15+/m0/s1. The van der Waals surface area contributed by atoms with Gasteiger partial charge in [-0.25, -0.2) is 0 Å². The Labute approximate surface area is 136 Å². The quantitative estimate of drug-likeness (QED) is 0.617. The maximum absolute atomic E-state index is 12.2. The van der Waals surface area contributed by atoms with Crippen LogP contribution in [-0.4, -0.2) is 33.0 Å². The Morgan fingerprint density at radius 3 is 2.50 bits per heavy atom. The highest BCUT2D eigenvalue weighted by Gasteiger charge is 2.59. The molecule has 24 heavy (non-hydrogen) atoms. The average molecular weight is 333 g/mol. The summed E-state index contributed by atoms with van der Waals surface area (Å²) in [5.74, 6) is -0.433. The monoisotopic (exact) mass is 333 g/mol. The largest absolute Gasteiger partial charge is 0.381 e. The molecule has 1 aliphatic heterocycles. The van der Waals surface area contributed by atoms with Crippen LogP contribution in [0.15, 0.2) is 29.4 Å². The van der Waals surface area contributed by atoms with Gasteiger partial charge < -0.3 is 4.84 Å². The molecule has 0 N–H and O–H groups in total. The van der Waals surface area contributed by atoms with Gasteiger partial charge in [0, 0.05) is 29.9 Å². The summed E-state index contributed by atoms with van der Waals surface area (Å²) in [6.07, 6.45) is 0.443. The highest BCUT2D eigenvalue weighted by Crippen LogP contribution is 2.44. The zero-order valence-electron chi connectivity index (χ0n) is 12.9. The molecule has 3 atom stereocenters. The first kappa shape index (κ1) is 16.0. The summed E-state index contributed by atoms with van der Waals surface area (Å²) in [4.78, 5) is 38.8. The first-order valence-electron chi connectivity index (χ1n) is 7.44. The first-order chi connectivity index (χ1) is 11.3. The molecule has 9 heteroatoms. The number of hydrogen-bond acceptors (Lipinski definition) is 7. The van der Waals surface area contributed by atoms with Gasteiger partial charge in [-0.05, 0) is 18.4 Å². The molecule has 126 valence electrons. The molecule has 0 bridgehead atoms. The van der Waals surface area contributed by atoms with Crippen LogP contribution in [0.4, 0.5) is 5.69 Å². The Bertz CT molecular complexity index is 744. The number of carbonyl (C=O) groups is 1. The number of nitro benzene ring substituents is 1. The zero-order chi connectivity index (χ0) is 17.5. The molecule has 9 nitrogen and oxygen atoms in total. The molecule has 1 spiro atoms. The molecule has 1 aromatic carbocycles. The number of Topliss-reactive ketones (excluding diaryl/α,β-unsaturated/α-hetero) is 1. The van der Waals surface area contributed by atoms with Crippen LogP contribution in [0.5, 0.6) is 0 Å². The summed E-state index contributed by atoms with van der Waals surface area (Å²) in [5, 5.41) is 25.9. The molecule has 0 radical (unpaired) electrons. The van der Waals surface area contributed by atoms with Crippen LogP contribution in [0.2, 0.25) is 0 Å². The number of carbonyl (C=O) groups excluding carboxylic acids is 1. The van der Waals surface area contributed by atoms with E-state index in [2.05, 4.69) is 5.16 Å². The van der Waals surface area contributed by atoms with Gasteiger partial charge in [-0.3, -0.25) is 25.0 Å². The van der Waals surface area contributed by atoms with Gasteiger partial charge in [-0.15, -0.1) is 0 Å². The topological polar surface area (TPSA) is 125 Å². The lowest BCUT2D eigenvalue weighted by Gasteiger charge is -2.35. The van der Waals surface area contributed by atoms with Gasteiger partial charge in [0.05, 0.1) is 11.3 Å². The van der Waals surface area contributed by atoms with Gasteiger partial charge in [0.2, 0.25) is 5.60 Å². The Hall–Kier alpha value is -2.84. The number of benzene rings is 1. The third-order valence-corrected chi connectivity index (χ3v) is 4.61. The summed E-state index contributed by atoms with van der Waals surface area (Å²) < 4.78 is 0. The lowest BCUT2D eigenvalue weighted by atomic mass is 9.71. The van der Waals surface area contributed by atoms with Gasteiger partial charge in [0.1, 0.15) is 11.5 Å². The Balaban J connectivity index is 1.90. The fraction of sp³-hybridized carbons (Fsp3) is 0.467. The second-order valence-corrected chi connectivity index (χ2v) is 6.25. The second kappa shape index (κ2) is 5.66. The summed E-state index contributed by atoms with van der Waals surface area (Å²) in [6.45, 7) is 1.52. The number of nitrogens with zero attached hydrogens (tertiary/aromatic N) is 3. The third-order valence-electron chi connectivity index (χ3n) is 4.61. The van der Waals surface area contributed by atoms with E-state index in [1.54, 1.807) is 12.1 Å². The molecular formula is C15H15N3O6. The predicted octanol–water partition coefficient (Wildman–Crippen LogP) is 2.22. The minimum absolute atomic E-state index is 0.0462. The number of rotatable bonds is 3. The highest BCUT2D eigenvalue weighted by atomic mass is 16.7. The lowest BCUT2D eigenvalue weighted by Crippen LogP contribution is -2.52. The Morgan fingerprint density at radius 2 is 1.92 bits per heavy atom. The van der Waals surface area contributed by atoms with E-state index in [-0.39, 0.29) is 42.4 Å². The molecule has 2 aliphatic rings. The summed E-state index contributed by atoms with van der Waals surface area (Å²) in [6, 6.07) is 4.74. The van der Waals surface area contributed by atoms with Crippen molar-refractivity contribution in [3.05, 3.63) is 50.1 Å². The normalized spacial score (nSPS) is 29.2. The van der Waals surface area contributed by atoms with Crippen molar-refractivity contribution in [1.29, 1.82) is 0 Å². The molecule has 1 aliphatic carbocycles. The van der Waals surface area contributed by atoms with Crippen molar-refractivity contribution in [3.63, 3.8) is 0 Å². The predicted molar refractivity (Wildman–Crippen MR) is 82.4 cm³/mol. The number of nitro groups is 2. The van der Waals surface area contributed by atoms with E-state index in [1.807, 2.05) is 0 Å². The molecule has 1 heterocycles. The number of oxime groups is 1. The molecule has 0 aromatic heterocycles. The molecule has 0 unspecified atom stereocenters. The summed E-state index contributed by atoms with van der Waals surface area (Å²) >= 11 is 0. The van der Waals surface area contributed by atoms with E-state index in [0.717, 1.165) is 5.56 Å². The summed E-state index contributed by atoms with van der Waals surface area (Å²) in [5.41, 5.74) is -0.342. The van der Waals surface area contributed by atoms with Crippen LogP contribution in [0.1, 0.15) is 37.7 Å². The molecule has 1 fully saturated rings. The fourth-order valence-electron chi connectivity index (χ4n) is 3.61. The molecule has 1 aromatic rings. The van der Waals surface area contributed by atoms with Crippen molar-refractivity contribution in [2.75, 3.05) is 0 Å². The minimum Gasteiger partial charge on any atom is -0.381 e. The van der Waals surface area contributed by atoms with Crippen LogP contribution in [0.25, 0.3) is 0 Å². The van der Waals surface area contributed by atoms with Crippen LogP contribution >= 0.6 is 0 Å². The third kappa shape index (κ3) is 2.61. The average Bonchev–Trinajstić information content (AvgIpc) is 2.82. The maximum Gasteiger partial charge on any atom is 0.295 e. The number of hydrogen-bond donors (Lipinski definition) is 0. The maximum atomic E-state index is 12.2. The number of non-ortho nitro benzene ring substituents is 1. The van der Waals surface area contributed by atoms with Crippen LogP contribution < -0.4 is 0 Å². The van der Waals surface area contributed by atoms with Crippen molar-refractivity contribution in [1.82, 2.24) is 0 Å². The minimum atomic E-state index is -1.27. The van der Waals surface area contributed by atoms with Gasteiger partial charge in [0.25, 0.3) is 11.7 Å². The van der Waals surface area contributed by atoms with Crippen molar-refractivity contribution >= 4 is 17.2 Å². The number of ketones is 1. The Kier molecular flexibility index (Phi) is 3.78. The smallest absolute Gasteiger partial charge is 0.295 e. The van der Waals surface area contributed by atoms with E-state index >= 15 is 0 Å². The second-order valence-electron chi connectivity index (χ2n) is 6.25. The zero-order valence-corrected chi connectivity index (χ0v) is 12.9. The molecular weight excluding hydrogens is 318 g/mol. The van der Waals surface area contributed by atoms with Gasteiger partial charge >= 0.3 is 0 Å². The van der Waals surface area contributed by atoms with Crippen LogP contribution in [0, 0.1) is 20.2 Å². The van der Waals surface area contributed by atoms with E-state index in [9.17, 15) is 25.0 Å². The van der Waals surface area contributed by atoms with Crippen LogP contribution in [0.3, 0.4) is 0 Å². The fourth-order valence-corrected chi connectivity index (χ4v) is 3.61. The van der Waals surface area contributed by atoms with Gasteiger partial charge in [0.15, 0.2) is 0 Å². The molecule has 3 rings (SSSR count). The van der Waals surface area contributed by atoms with Crippen molar-refractivity contribution < 1.29 is 19.5 Å². The Morgan fingerprint density at radius 1 is 1.25 bits per heavy atom. The summed E-state index contributed by atoms with van der Waals surface area (Å²) in [7, 11) is 0. The SMILES string of the molecule is CC1=NO[C@]2(CC(=O)C[C@H](c3ccc([N+](=O)[O-])cc3)C2)[C@H]1[N+](=O)[O-]. The van der Waals surface area contributed by atoms with Crippen molar-refractivity contribution in [3.8, 4) is 0 Å². The van der Waals surface area contributed by atoms with E-state index in [1.165, 1.54) is 19.1 Å². The molecule has 0 amide bonds. The van der Waals surface area contributed by atoms with E-state index in [4.69, 9.17) is 4.84 Å². The molecule has 1 saturated carbocycles. The van der Waals surface area contributed by atoms with Gasteiger partial charge in [-0.2, -0.15) is 0 Å². The van der Waals surface area contributed by atoms with Gasteiger partial charge in [-0.1, -0.05) is 17.3 Å². The molecule has 0 saturated heterocycles. The van der Waals surface area contributed by atoms with Crippen molar-refractivity contribution in [2.24, 2.45) is 5.16 Å². The first-order valence-corrected chi connectivity index (χ1v) is 7.44. The lowest BCUT2D eigenvalue weighted by molar-refractivity contribution is -0.523.